The first-order valence-electron chi connectivity index (χ1n) is 9.32. The zero-order chi connectivity index (χ0) is 18.4. The number of aryl methyl sites for hydroxylation is 2. The van der Waals surface area contributed by atoms with Gasteiger partial charge in [-0.1, -0.05) is 18.2 Å². The van der Waals surface area contributed by atoms with Gasteiger partial charge in [-0.25, -0.2) is 9.37 Å². The normalized spacial score (nSPS) is 15.1. The minimum atomic E-state index is -0.107. The van der Waals surface area contributed by atoms with Crippen molar-refractivity contribution < 1.29 is 4.39 Å². The molecule has 1 aromatic heterocycles. The molecule has 0 spiro atoms. The van der Waals surface area contributed by atoms with Gasteiger partial charge in [-0.15, -0.1) is 24.0 Å². The molecule has 1 fully saturated rings. The van der Waals surface area contributed by atoms with E-state index in [0.29, 0.717) is 6.54 Å². The van der Waals surface area contributed by atoms with E-state index in [0.717, 1.165) is 56.1 Å². The van der Waals surface area contributed by atoms with Crippen LogP contribution in [0, 0.1) is 12.7 Å². The van der Waals surface area contributed by atoms with Gasteiger partial charge in [0.2, 0.25) is 0 Å². The van der Waals surface area contributed by atoms with Crippen molar-refractivity contribution in [2.24, 2.45) is 4.99 Å². The second-order valence-corrected chi connectivity index (χ2v) is 6.99. The van der Waals surface area contributed by atoms with Gasteiger partial charge in [-0.05, 0) is 44.2 Å². The molecule has 27 heavy (non-hydrogen) atoms. The Morgan fingerprint density at radius 2 is 2.04 bits per heavy atom. The van der Waals surface area contributed by atoms with Crippen molar-refractivity contribution in [1.29, 1.82) is 0 Å². The number of unbranched alkanes of at least 4 members (excludes halogenated alkanes) is 1. The number of benzene rings is 1. The SMILES string of the molecule is CN=C(NCCCCn1ccnc1C)NCC1(c2ccccc2F)CC1.I. The lowest BCUT2D eigenvalue weighted by atomic mass is 9.95. The predicted molar refractivity (Wildman–Crippen MR) is 118 cm³/mol. The van der Waals surface area contributed by atoms with Crippen LogP contribution in [0.25, 0.3) is 0 Å². The molecule has 148 valence electrons. The van der Waals surface area contributed by atoms with Crippen LogP contribution in [0.2, 0.25) is 0 Å². The summed E-state index contributed by atoms with van der Waals surface area (Å²) in [6, 6.07) is 7.10. The zero-order valence-electron chi connectivity index (χ0n) is 16.0. The second kappa shape index (κ2) is 10.1. The number of halogens is 2. The van der Waals surface area contributed by atoms with E-state index < -0.39 is 0 Å². The molecule has 0 saturated heterocycles. The molecule has 0 bridgehead atoms. The second-order valence-electron chi connectivity index (χ2n) is 6.99. The molecule has 0 amide bonds. The van der Waals surface area contributed by atoms with Gasteiger partial charge in [0.1, 0.15) is 11.6 Å². The number of rotatable bonds is 8. The fourth-order valence-corrected chi connectivity index (χ4v) is 3.31. The summed E-state index contributed by atoms with van der Waals surface area (Å²) in [7, 11) is 1.77. The third-order valence-corrected chi connectivity index (χ3v) is 5.16. The molecule has 1 heterocycles. The van der Waals surface area contributed by atoms with E-state index in [1.54, 1.807) is 19.2 Å². The first-order valence-corrected chi connectivity index (χ1v) is 9.32. The Kier molecular flexibility index (Phi) is 8.07. The molecule has 2 aromatic rings. The molecule has 1 aromatic carbocycles. The quantitative estimate of drug-likeness (QED) is 0.260. The zero-order valence-corrected chi connectivity index (χ0v) is 18.4. The van der Waals surface area contributed by atoms with E-state index in [-0.39, 0.29) is 35.2 Å². The Labute approximate surface area is 177 Å². The van der Waals surface area contributed by atoms with E-state index in [9.17, 15) is 4.39 Å². The number of nitrogens with one attached hydrogen (secondary N) is 2. The van der Waals surface area contributed by atoms with Crippen molar-refractivity contribution in [3.63, 3.8) is 0 Å². The smallest absolute Gasteiger partial charge is 0.191 e. The summed E-state index contributed by atoms with van der Waals surface area (Å²) in [5.74, 6) is 1.73. The maximum atomic E-state index is 14.1. The van der Waals surface area contributed by atoms with E-state index >= 15 is 0 Å². The molecule has 0 atom stereocenters. The van der Waals surface area contributed by atoms with Gasteiger partial charge in [0, 0.05) is 44.5 Å². The van der Waals surface area contributed by atoms with Gasteiger partial charge >= 0.3 is 0 Å². The topological polar surface area (TPSA) is 54.2 Å². The minimum absolute atomic E-state index is 0. The van der Waals surface area contributed by atoms with Crippen molar-refractivity contribution >= 4 is 29.9 Å². The Balaban J connectivity index is 0.00000261. The molecule has 0 unspecified atom stereocenters. The summed E-state index contributed by atoms with van der Waals surface area (Å²) in [6.07, 6.45) is 8.02. The lowest BCUT2D eigenvalue weighted by Crippen LogP contribution is -2.41. The van der Waals surface area contributed by atoms with Crippen LogP contribution in [0.5, 0.6) is 0 Å². The van der Waals surface area contributed by atoms with Crippen LogP contribution in [0.3, 0.4) is 0 Å². The average molecular weight is 485 g/mol. The first-order chi connectivity index (χ1) is 12.6. The molecule has 1 aliphatic carbocycles. The van der Waals surface area contributed by atoms with Crippen molar-refractivity contribution in [3.05, 3.63) is 53.9 Å². The highest BCUT2D eigenvalue weighted by molar-refractivity contribution is 14.0. The van der Waals surface area contributed by atoms with Gasteiger partial charge in [0.05, 0.1) is 0 Å². The molecule has 1 saturated carbocycles. The van der Waals surface area contributed by atoms with Crippen LogP contribution in [-0.4, -0.2) is 35.6 Å². The molecule has 0 aliphatic heterocycles. The monoisotopic (exact) mass is 485 g/mol. The first kappa shape index (κ1) is 21.7. The van der Waals surface area contributed by atoms with Crippen molar-refractivity contribution in [2.45, 2.75) is 44.6 Å². The van der Waals surface area contributed by atoms with Gasteiger partial charge in [-0.3, -0.25) is 4.99 Å². The summed E-state index contributed by atoms with van der Waals surface area (Å²) in [4.78, 5) is 8.52. The highest BCUT2D eigenvalue weighted by Gasteiger charge is 2.45. The fourth-order valence-electron chi connectivity index (χ4n) is 3.31. The Morgan fingerprint density at radius 3 is 2.67 bits per heavy atom. The standard InChI is InChI=1S/C20H28FN5.HI/c1-16-23-12-14-26(16)13-6-5-11-24-19(22-2)25-15-20(9-10-20)17-7-3-4-8-18(17)21;/h3-4,7-8,12,14H,5-6,9-11,13,15H2,1-2H3,(H2,22,24,25);1H. The van der Waals surface area contributed by atoms with Crippen LogP contribution < -0.4 is 10.6 Å². The summed E-state index contributed by atoms with van der Waals surface area (Å²) in [5.41, 5.74) is 0.737. The van der Waals surface area contributed by atoms with Gasteiger partial charge in [-0.2, -0.15) is 0 Å². The van der Waals surface area contributed by atoms with Gasteiger partial charge < -0.3 is 15.2 Å². The van der Waals surface area contributed by atoms with Gasteiger partial charge in [0.25, 0.3) is 0 Å². The van der Waals surface area contributed by atoms with Crippen LogP contribution in [0.4, 0.5) is 4.39 Å². The van der Waals surface area contributed by atoms with Gasteiger partial charge in [0.15, 0.2) is 5.96 Å². The maximum absolute atomic E-state index is 14.1. The highest BCUT2D eigenvalue weighted by Crippen LogP contribution is 2.48. The Hall–Kier alpha value is -1.64. The summed E-state index contributed by atoms with van der Waals surface area (Å²) in [5, 5.41) is 6.72. The number of aliphatic imine (C=N–C) groups is 1. The van der Waals surface area contributed by atoms with Crippen molar-refractivity contribution in [2.75, 3.05) is 20.1 Å². The van der Waals surface area contributed by atoms with Crippen LogP contribution in [0.1, 0.15) is 37.1 Å². The molecule has 0 radical (unpaired) electrons. The third kappa shape index (κ3) is 5.67. The molecular weight excluding hydrogens is 456 g/mol. The number of nitrogens with zero attached hydrogens (tertiary/aromatic N) is 3. The lowest BCUT2D eigenvalue weighted by molar-refractivity contribution is 0.557. The number of aromatic nitrogens is 2. The van der Waals surface area contributed by atoms with Crippen molar-refractivity contribution in [1.82, 2.24) is 20.2 Å². The van der Waals surface area contributed by atoms with Crippen LogP contribution >= 0.6 is 24.0 Å². The molecule has 3 rings (SSSR count). The number of hydrogen-bond donors (Lipinski definition) is 2. The lowest BCUT2D eigenvalue weighted by Gasteiger charge is -2.19. The van der Waals surface area contributed by atoms with E-state index in [1.807, 2.05) is 31.5 Å². The number of imidazole rings is 1. The Morgan fingerprint density at radius 1 is 1.26 bits per heavy atom. The van der Waals surface area contributed by atoms with Crippen LogP contribution in [-0.2, 0) is 12.0 Å². The molecule has 7 heteroatoms. The summed E-state index contributed by atoms with van der Waals surface area (Å²) in [6.45, 7) is 4.57. The molecule has 2 N–H and O–H groups in total. The maximum Gasteiger partial charge on any atom is 0.191 e. The number of guanidine groups is 1. The minimum Gasteiger partial charge on any atom is -0.356 e. The van der Waals surface area contributed by atoms with Crippen molar-refractivity contribution in [3.8, 4) is 0 Å². The van der Waals surface area contributed by atoms with Crippen LogP contribution in [0.15, 0.2) is 41.7 Å². The number of hydrogen-bond acceptors (Lipinski definition) is 2. The fraction of sp³-hybridized carbons (Fsp3) is 0.500. The molecule has 1 aliphatic rings. The average Bonchev–Trinajstić information content (AvgIpc) is 3.33. The largest absolute Gasteiger partial charge is 0.356 e. The van der Waals surface area contributed by atoms with E-state index in [4.69, 9.17) is 0 Å². The highest BCUT2D eigenvalue weighted by atomic mass is 127. The third-order valence-electron chi connectivity index (χ3n) is 5.16. The van der Waals surface area contributed by atoms with E-state index in [1.165, 1.54) is 0 Å². The molecule has 5 nitrogen and oxygen atoms in total. The Bertz CT molecular complexity index is 754. The van der Waals surface area contributed by atoms with E-state index in [2.05, 4.69) is 25.2 Å². The summed E-state index contributed by atoms with van der Waals surface area (Å²) >= 11 is 0. The summed E-state index contributed by atoms with van der Waals surface area (Å²) < 4.78 is 16.2. The predicted octanol–water partition coefficient (Wildman–Crippen LogP) is 3.63. The molecular formula is C20H29FIN5.